The fourth-order valence-corrected chi connectivity index (χ4v) is 4.00. The van der Waals surface area contributed by atoms with E-state index in [1.165, 1.54) is 37.7 Å². The normalized spacial score (nSPS) is 17.8. The number of nitrogens with zero attached hydrogens (tertiary/aromatic N) is 2. The van der Waals surface area contributed by atoms with E-state index in [9.17, 15) is 4.79 Å². The van der Waals surface area contributed by atoms with E-state index in [2.05, 4.69) is 16.4 Å². The number of aryl methyl sites for hydroxylation is 1. The van der Waals surface area contributed by atoms with Crippen molar-refractivity contribution in [3.05, 3.63) is 53.9 Å². The van der Waals surface area contributed by atoms with E-state index >= 15 is 0 Å². The van der Waals surface area contributed by atoms with Gasteiger partial charge in [-0.15, -0.1) is 0 Å². The highest BCUT2D eigenvalue weighted by atomic mass is 16.2. The smallest absolute Gasteiger partial charge is 0.276 e. The van der Waals surface area contributed by atoms with Crippen LogP contribution in [0.4, 0.5) is 11.4 Å². The molecule has 0 unspecified atom stereocenters. The second-order valence-corrected chi connectivity index (χ2v) is 7.10. The maximum absolute atomic E-state index is 13.0. The Morgan fingerprint density at radius 1 is 1.08 bits per heavy atom. The molecule has 1 fully saturated rings. The first-order valence-corrected chi connectivity index (χ1v) is 9.43. The average Bonchev–Trinajstić information content (AvgIpc) is 2.68. The lowest BCUT2D eigenvalue weighted by Crippen LogP contribution is -2.36. The van der Waals surface area contributed by atoms with Crippen LogP contribution < -0.4 is 10.2 Å². The number of fused-ring (bicyclic) bond motifs is 1. The Morgan fingerprint density at radius 2 is 1.92 bits per heavy atom. The first-order chi connectivity index (χ1) is 12.3. The lowest BCUT2D eigenvalue weighted by atomic mass is 9.95. The number of benzene rings is 1. The largest absolute Gasteiger partial charge is 0.382 e. The number of carbonyl (C=O) groups excluding carboxylic acids is 1. The Hall–Kier alpha value is -2.36. The highest BCUT2D eigenvalue weighted by molar-refractivity contribution is 6.05. The van der Waals surface area contributed by atoms with Crippen LogP contribution in [0.25, 0.3) is 0 Å². The summed E-state index contributed by atoms with van der Waals surface area (Å²) < 4.78 is 0. The van der Waals surface area contributed by atoms with Crippen molar-refractivity contribution in [3.8, 4) is 0 Å². The molecular weight excluding hydrogens is 310 g/mol. The van der Waals surface area contributed by atoms with Gasteiger partial charge in [-0.25, -0.2) is 0 Å². The zero-order valence-corrected chi connectivity index (χ0v) is 14.6. The number of carbonyl (C=O) groups is 1. The van der Waals surface area contributed by atoms with Crippen molar-refractivity contribution in [1.82, 2.24) is 4.98 Å². The molecule has 2 aliphatic rings. The van der Waals surface area contributed by atoms with E-state index in [1.54, 1.807) is 6.20 Å². The number of aromatic nitrogens is 1. The Bertz CT molecular complexity index is 752. The number of hydrogen-bond acceptors (Lipinski definition) is 3. The highest BCUT2D eigenvalue weighted by Gasteiger charge is 2.24. The standard InChI is InChI=1S/C21H25N3O/c25-21(24-14-6-8-16-7-4-5-11-20(16)24)19-15-18(12-13-22-19)23-17-9-2-1-3-10-17/h4-5,7,11-13,15,17H,1-3,6,8-10,14H2,(H,22,23). The molecule has 4 heteroatoms. The molecular formula is C21H25N3O. The molecule has 1 N–H and O–H groups in total. The first kappa shape index (κ1) is 16.1. The highest BCUT2D eigenvalue weighted by Crippen LogP contribution is 2.28. The predicted octanol–water partition coefficient (Wildman–Crippen LogP) is 4.42. The molecule has 0 spiro atoms. The minimum absolute atomic E-state index is 0.000515. The van der Waals surface area contributed by atoms with E-state index in [0.29, 0.717) is 11.7 Å². The van der Waals surface area contributed by atoms with Crippen LogP contribution >= 0.6 is 0 Å². The van der Waals surface area contributed by atoms with Gasteiger partial charge in [-0.1, -0.05) is 37.5 Å². The van der Waals surface area contributed by atoms with Gasteiger partial charge >= 0.3 is 0 Å². The van der Waals surface area contributed by atoms with Gasteiger partial charge in [-0.3, -0.25) is 9.78 Å². The summed E-state index contributed by atoms with van der Waals surface area (Å²) >= 11 is 0. The van der Waals surface area contributed by atoms with Gasteiger partial charge in [-0.05, 0) is 49.4 Å². The van der Waals surface area contributed by atoms with Gasteiger partial charge in [0.2, 0.25) is 0 Å². The third-order valence-electron chi connectivity index (χ3n) is 5.31. The van der Waals surface area contributed by atoms with Crippen LogP contribution in [0.15, 0.2) is 42.6 Å². The summed E-state index contributed by atoms with van der Waals surface area (Å²) in [5.41, 5.74) is 3.82. The molecule has 1 aromatic heterocycles. The second kappa shape index (κ2) is 7.26. The van der Waals surface area contributed by atoms with E-state index in [0.717, 1.165) is 30.8 Å². The Morgan fingerprint density at radius 3 is 2.80 bits per heavy atom. The third-order valence-corrected chi connectivity index (χ3v) is 5.31. The van der Waals surface area contributed by atoms with E-state index in [1.807, 2.05) is 35.2 Å². The number of nitrogens with one attached hydrogen (secondary N) is 1. The molecule has 1 saturated carbocycles. The van der Waals surface area contributed by atoms with Crippen LogP contribution in [-0.2, 0) is 6.42 Å². The monoisotopic (exact) mass is 335 g/mol. The third kappa shape index (κ3) is 3.53. The summed E-state index contributed by atoms with van der Waals surface area (Å²) in [7, 11) is 0. The van der Waals surface area contributed by atoms with Crippen LogP contribution in [0.5, 0.6) is 0 Å². The summed E-state index contributed by atoms with van der Waals surface area (Å²) in [6.45, 7) is 0.762. The van der Waals surface area contributed by atoms with Crippen LogP contribution in [0, 0.1) is 0 Å². The van der Waals surface area contributed by atoms with Crippen LogP contribution in [0.3, 0.4) is 0 Å². The molecule has 4 rings (SSSR count). The quantitative estimate of drug-likeness (QED) is 0.903. The van der Waals surface area contributed by atoms with Gasteiger partial charge in [0.25, 0.3) is 5.91 Å². The molecule has 130 valence electrons. The zero-order chi connectivity index (χ0) is 17.1. The molecule has 2 aromatic rings. The molecule has 0 atom stereocenters. The molecule has 0 radical (unpaired) electrons. The molecule has 25 heavy (non-hydrogen) atoms. The lowest BCUT2D eigenvalue weighted by molar-refractivity contribution is 0.0980. The molecule has 4 nitrogen and oxygen atoms in total. The van der Waals surface area contributed by atoms with Gasteiger partial charge in [-0.2, -0.15) is 0 Å². The van der Waals surface area contributed by atoms with Crippen molar-refractivity contribution in [2.24, 2.45) is 0 Å². The summed E-state index contributed by atoms with van der Waals surface area (Å²) in [6.07, 6.45) is 10.1. The Balaban J connectivity index is 1.54. The minimum Gasteiger partial charge on any atom is -0.382 e. The van der Waals surface area contributed by atoms with Gasteiger partial charge in [0, 0.05) is 30.2 Å². The molecule has 1 aromatic carbocycles. The Kier molecular flexibility index (Phi) is 4.68. The number of para-hydroxylation sites is 1. The maximum atomic E-state index is 13.0. The van der Waals surface area contributed by atoms with Gasteiger partial charge in [0.15, 0.2) is 0 Å². The van der Waals surface area contributed by atoms with E-state index in [-0.39, 0.29) is 5.91 Å². The summed E-state index contributed by atoms with van der Waals surface area (Å²) in [4.78, 5) is 19.3. The van der Waals surface area contributed by atoms with Gasteiger partial charge in [0.05, 0.1) is 0 Å². The van der Waals surface area contributed by atoms with Crippen LogP contribution in [0.1, 0.15) is 54.6 Å². The maximum Gasteiger partial charge on any atom is 0.276 e. The van der Waals surface area contributed by atoms with Crippen molar-refractivity contribution in [3.63, 3.8) is 0 Å². The van der Waals surface area contributed by atoms with Crippen molar-refractivity contribution in [2.45, 2.75) is 51.0 Å². The SMILES string of the molecule is O=C(c1cc(NC2CCCCC2)ccn1)N1CCCc2ccccc21. The molecule has 0 saturated heterocycles. The summed E-state index contributed by atoms with van der Waals surface area (Å²) in [5.74, 6) is -0.000515. The van der Waals surface area contributed by atoms with E-state index in [4.69, 9.17) is 0 Å². The van der Waals surface area contributed by atoms with Gasteiger partial charge in [0.1, 0.15) is 5.69 Å². The lowest BCUT2D eigenvalue weighted by Gasteiger charge is -2.29. The minimum atomic E-state index is -0.000515. The fraction of sp³-hybridized carbons (Fsp3) is 0.429. The fourth-order valence-electron chi connectivity index (χ4n) is 4.00. The number of amides is 1. The van der Waals surface area contributed by atoms with Crippen molar-refractivity contribution in [1.29, 1.82) is 0 Å². The first-order valence-electron chi connectivity index (χ1n) is 9.43. The topological polar surface area (TPSA) is 45.2 Å². The van der Waals surface area contributed by atoms with Gasteiger partial charge < -0.3 is 10.2 Å². The van der Waals surface area contributed by atoms with E-state index < -0.39 is 0 Å². The molecule has 0 bridgehead atoms. The molecule has 1 amide bonds. The second-order valence-electron chi connectivity index (χ2n) is 7.10. The van der Waals surface area contributed by atoms with Crippen LogP contribution in [0.2, 0.25) is 0 Å². The number of anilines is 2. The van der Waals surface area contributed by atoms with Crippen molar-refractivity contribution >= 4 is 17.3 Å². The number of hydrogen-bond donors (Lipinski definition) is 1. The van der Waals surface area contributed by atoms with Crippen LogP contribution in [-0.4, -0.2) is 23.5 Å². The predicted molar refractivity (Wildman–Crippen MR) is 101 cm³/mol. The van der Waals surface area contributed by atoms with Crippen molar-refractivity contribution < 1.29 is 4.79 Å². The number of pyridine rings is 1. The zero-order valence-electron chi connectivity index (χ0n) is 14.6. The Labute approximate surface area is 149 Å². The molecule has 2 heterocycles. The summed E-state index contributed by atoms with van der Waals surface area (Å²) in [6, 6.07) is 12.6. The molecule has 1 aliphatic carbocycles. The average molecular weight is 335 g/mol. The van der Waals surface area contributed by atoms with Crippen molar-refractivity contribution in [2.75, 3.05) is 16.8 Å². The molecule has 1 aliphatic heterocycles. The summed E-state index contributed by atoms with van der Waals surface area (Å²) in [5, 5.41) is 3.59. The number of rotatable bonds is 3.